The van der Waals surface area contributed by atoms with Crippen molar-refractivity contribution in [2.24, 2.45) is 0 Å². The second-order valence-corrected chi connectivity index (χ2v) is 6.43. The number of hydrogen-bond donors (Lipinski definition) is 1. The van der Waals surface area contributed by atoms with E-state index in [1.54, 1.807) is 11.3 Å². The topological polar surface area (TPSA) is 53.9 Å². The lowest BCUT2D eigenvalue weighted by molar-refractivity contribution is 0.183. The second-order valence-electron chi connectivity index (χ2n) is 5.20. The lowest BCUT2D eigenvalue weighted by Gasteiger charge is -2.31. The Kier molecular flexibility index (Phi) is 3.93. The summed E-state index contributed by atoms with van der Waals surface area (Å²) in [6.45, 7) is 3.18. The molecule has 1 fully saturated rings. The van der Waals surface area contributed by atoms with Crippen LogP contribution in [0.4, 0.5) is 11.1 Å². The Bertz CT molecular complexity index is 582. The van der Waals surface area contributed by atoms with E-state index in [9.17, 15) is 0 Å². The number of hydrogen-bond acceptors (Lipinski definition) is 6. The Morgan fingerprint density at radius 3 is 3.00 bits per heavy atom. The number of likely N-dealkylation sites (tertiary alicyclic amines) is 1. The highest BCUT2D eigenvalue weighted by Gasteiger charge is 2.22. The minimum atomic E-state index is 0.408. The minimum absolute atomic E-state index is 0.408. The van der Waals surface area contributed by atoms with E-state index in [1.165, 1.54) is 24.1 Å². The van der Waals surface area contributed by atoms with Crippen molar-refractivity contribution in [1.29, 1.82) is 0 Å². The molecule has 3 rings (SSSR count). The molecule has 5 nitrogen and oxygen atoms in total. The zero-order chi connectivity index (χ0) is 13.9. The summed E-state index contributed by atoms with van der Waals surface area (Å²) in [5, 5.41) is 4.03. The molecule has 106 valence electrons. The summed E-state index contributed by atoms with van der Waals surface area (Å²) in [5.74, 6) is 0.635. The van der Waals surface area contributed by atoms with Crippen LogP contribution in [0.25, 0.3) is 0 Å². The zero-order valence-corrected chi connectivity index (χ0v) is 12.7. The number of nitrogens with zero attached hydrogens (tertiary/aromatic N) is 4. The van der Waals surface area contributed by atoms with Gasteiger partial charge in [-0.25, -0.2) is 15.0 Å². The number of nitrogens with one attached hydrogen (secondary N) is 1. The van der Waals surface area contributed by atoms with E-state index in [-0.39, 0.29) is 0 Å². The SMILES string of the molecule is Cc1cnc(Nc2nccc([C@H]3CCCCN3C)n2)s1. The molecule has 0 aliphatic carbocycles. The van der Waals surface area contributed by atoms with Gasteiger partial charge in [-0.1, -0.05) is 6.42 Å². The molecule has 2 aromatic heterocycles. The first-order valence-electron chi connectivity index (χ1n) is 6.95. The number of anilines is 2. The molecule has 0 unspecified atom stereocenters. The molecule has 1 aliphatic heterocycles. The fourth-order valence-corrected chi connectivity index (χ4v) is 3.23. The Labute approximate surface area is 123 Å². The van der Waals surface area contributed by atoms with Gasteiger partial charge in [0.25, 0.3) is 0 Å². The number of aromatic nitrogens is 3. The van der Waals surface area contributed by atoms with Gasteiger partial charge in [0.05, 0.1) is 11.7 Å². The van der Waals surface area contributed by atoms with Crippen LogP contribution in [-0.2, 0) is 0 Å². The van der Waals surface area contributed by atoms with Gasteiger partial charge in [-0.15, -0.1) is 11.3 Å². The summed E-state index contributed by atoms with van der Waals surface area (Å²) in [6.07, 6.45) is 7.40. The van der Waals surface area contributed by atoms with Crippen molar-refractivity contribution < 1.29 is 0 Å². The molecule has 20 heavy (non-hydrogen) atoms. The van der Waals surface area contributed by atoms with E-state index in [0.717, 1.165) is 17.4 Å². The van der Waals surface area contributed by atoms with Gasteiger partial charge in [-0.05, 0) is 39.4 Å². The van der Waals surface area contributed by atoms with Gasteiger partial charge in [0.2, 0.25) is 5.95 Å². The average Bonchev–Trinajstić information content (AvgIpc) is 2.85. The first-order valence-corrected chi connectivity index (χ1v) is 7.76. The number of aryl methyl sites for hydroxylation is 1. The summed E-state index contributed by atoms with van der Waals surface area (Å²) >= 11 is 1.61. The van der Waals surface area contributed by atoms with Crippen LogP contribution in [0.15, 0.2) is 18.5 Å². The molecule has 1 aliphatic rings. The Balaban J connectivity index is 1.78. The molecule has 3 heterocycles. The molecule has 1 N–H and O–H groups in total. The smallest absolute Gasteiger partial charge is 0.229 e. The lowest BCUT2D eigenvalue weighted by atomic mass is 10.00. The maximum Gasteiger partial charge on any atom is 0.229 e. The molecule has 0 spiro atoms. The minimum Gasteiger partial charge on any atom is -0.300 e. The Morgan fingerprint density at radius 2 is 2.25 bits per heavy atom. The number of piperidine rings is 1. The molecular formula is C14H19N5S. The van der Waals surface area contributed by atoms with Crippen LogP contribution in [0.5, 0.6) is 0 Å². The third-order valence-corrected chi connectivity index (χ3v) is 4.46. The largest absolute Gasteiger partial charge is 0.300 e. The van der Waals surface area contributed by atoms with E-state index in [2.05, 4.69) is 32.2 Å². The van der Waals surface area contributed by atoms with Gasteiger partial charge in [0.15, 0.2) is 5.13 Å². The highest BCUT2D eigenvalue weighted by Crippen LogP contribution is 2.29. The van der Waals surface area contributed by atoms with Crippen LogP contribution >= 0.6 is 11.3 Å². The normalized spacial score (nSPS) is 20.0. The van der Waals surface area contributed by atoms with E-state index in [0.29, 0.717) is 12.0 Å². The lowest BCUT2D eigenvalue weighted by Crippen LogP contribution is -2.30. The summed E-state index contributed by atoms with van der Waals surface area (Å²) in [6, 6.07) is 2.43. The van der Waals surface area contributed by atoms with Crippen LogP contribution in [0.1, 0.15) is 35.9 Å². The van der Waals surface area contributed by atoms with Gasteiger partial charge < -0.3 is 5.32 Å². The van der Waals surface area contributed by atoms with Gasteiger partial charge in [0.1, 0.15) is 0 Å². The molecule has 1 atom stereocenters. The summed E-state index contributed by atoms with van der Waals surface area (Å²) in [4.78, 5) is 16.8. The maximum absolute atomic E-state index is 4.65. The molecule has 6 heteroatoms. The van der Waals surface area contributed by atoms with Crippen LogP contribution in [0.3, 0.4) is 0 Å². The highest BCUT2D eigenvalue weighted by molar-refractivity contribution is 7.15. The molecule has 0 amide bonds. The van der Waals surface area contributed by atoms with Crippen molar-refractivity contribution >= 4 is 22.4 Å². The van der Waals surface area contributed by atoms with Crippen molar-refractivity contribution in [2.75, 3.05) is 18.9 Å². The molecule has 1 saturated heterocycles. The van der Waals surface area contributed by atoms with Gasteiger partial charge in [0, 0.05) is 17.3 Å². The van der Waals surface area contributed by atoms with E-state index < -0.39 is 0 Å². The summed E-state index contributed by atoms with van der Waals surface area (Å²) in [7, 11) is 2.17. The summed E-state index contributed by atoms with van der Waals surface area (Å²) in [5.41, 5.74) is 1.10. The Morgan fingerprint density at radius 1 is 1.35 bits per heavy atom. The Hall–Kier alpha value is -1.53. The van der Waals surface area contributed by atoms with E-state index >= 15 is 0 Å². The second kappa shape index (κ2) is 5.85. The van der Waals surface area contributed by atoms with Crippen LogP contribution in [0, 0.1) is 6.92 Å². The van der Waals surface area contributed by atoms with Crippen LogP contribution in [0.2, 0.25) is 0 Å². The molecule has 0 aromatic carbocycles. The van der Waals surface area contributed by atoms with Crippen molar-refractivity contribution in [2.45, 2.75) is 32.2 Å². The molecular weight excluding hydrogens is 270 g/mol. The van der Waals surface area contributed by atoms with Gasteiger partial charge in [-0.3, -0.25) is 4.90 Å². The van der Waals surface area contributed by atoms with Crippen molar-refractivity contribution in [3.05, 3.63) is 29.0 Å². The zero-order valence-electron chi connectivity index (χ0n) is 11.8. The predicted octanol–water partition coefficient (Wildman–Crippen LogP) is 3.14. The summed E-state index contributed by atoms with van der Waals surface area (Å²) < 4.78 is 0. The monoisotopic (exact) mass is 289 g/mol. The standard InChI is InChI=1S/C14H19N5S/c1-10-9-16-14(20-10)18-13-15-7-6-11(17-13)12-5-3-4-8-19(12)2/h6-7,9,12H,3-5,8H2,1-2H3,(H,15,16,17,18)/t12-/m1/s1. The van der Waals surface area contributed by atoms with Crippen LogP contribution in [-0.4, -0.2) is 33.4 Å². The molecule has 2 aromatic rings. The van der Waals surface area contributed by atoms with Gasteiger partial charge >= 0.3 is 0 Å². The van der Waals surface area contributed by atoms with Gasteiger partial charge in [-0.2, -0.15) is 0 Å². The molecule has 0 bridgehead atoms. The third-order valence-electron chi connectivity index (χ3n) is 3.63. The number of rotatable bonds is 3. The first-order chi connectivity index (χ1) is 9.72. The van der Waals surface area contributed by atoms with Crippen molar-refractivity contribution in [1.82, 2.24) is 19.9 Å². The quantitative estimate of drug-likeness (QED) is 0.940. The predicted molar refractivity (Wildman–Crippen MR) is 81.4 cm³/mol. The van der Waals surface area contributed by atoms with Crippen molar-refractivity contribution in [3.63, 3.8) is 0 Å². The fourth-order valence-electron chi connectivity index (χ4n) is 2.58. The van der Waals surface area contributed by atoms with E-state index in [1.807, 2.05) is 25.4 Å². The average molecular weight is 289 g/mol. The maximum atomic E-state index is 4.65. The highest BCUT2D eigenvalue weighted by atomic mass is 32.1. The fraction of sp³-hybridized carbons (Fsp3) is 0.500. The van der Waals surface area contributed by atoms with Crippen molar-refractivity contribution in [3.8, 4) is 0 Å². The third kappa shape index (κ3) is 2.96. The molecule has 0 saturated carbocycles. The van der Waals surface area contributed by atoms with E-state index in [4.69, 9.17) is 0 Å². The first kappa shape index (κ1) is 13.5. The number of thiazole rings is 1. The molecule has 0 radical (unpaired) electrons. The van der Waals surface area contributed by atoms with Crippen LogP contribution < -0.4 is 5.32 Å².